The van der Waals surface area contributed by atoms with Gasteiger partial charge in [-0.25, -0.2) is 9.18 Å². The van der Waals surface area contributed by atoms with Crippen LogP contribution >= 0.6 is 0 Å². The van der Waals surface area contributed by atoms with Crippen molar-refractivity contribution < 1.29 is 18.8 Å². The van der Waals surface area contributed by atoms with Crippen LogP contribution < -0.4 is 15.5 Å². The monoisotopic (exact) mass is 362 g/mol. The number of imide groups is 1. The fourth-order valence-electron chi connectivity index (χ4n) is 3.44. The Kier molecular flexibility index (Phi) is 4.84. The fraction of sp³-hybridized carbons (Fsp3) is 0.500. The predicted molar refractivity (Wildman–Crippen MR) is 94.2 cm³/mol. The highest BCUT2D eigenvalue weighted by molar-refractivity contribution is 6.06. The average Bonchev–Trinajstić information content (AvgIpc) is 2.85. The highest BCUT2D eigenvalue weighted by Crippen LogP contribution is 2.23. The van der Waals surface area contributed by atoms with Gasteiger partial charge in [-0.3, -0.25) is 14.9 Å². The van der Waals surface area contributed by atoms with Gasteiger partial charge in [-0.2, -0.15) is 0 Å². The molecule has 0 radical (unpaired) electrons. The van der Waals surface area contributed by atoms with Gasteiger partial charge in [0.15, 0.2) is 0 Å². The molecular formula is C18H23FN4O3. The molecule has 7 nitrogen and oxygen atoms in total. The van der Waals surface area contributed by atoms with Crippen molar-refractivity contribution in [1.29, 1.82) is 0 Å². The molecule has 2 aliphatic heterocycles. The molecule has 1 atom stereocenters. The minimum atomic E-state index is -1.03. The third-order valence-electron chi connectivity index (χ3n) is 5.09. The first kappa shape index (κ1) is 18.2. The number of benzene rings is 1. The van der Waals surface area contributed by atoms with E-state index in [1.165, 1.54) is 12.1 Å². The molecule has 1 aromatic carbocycles. The van der Waals surface area contributed by atoms with Gasteiger partial charge < -0.3 is 15.1 Å². The molecular weight excluding hydrogens is 339 g/mol. The molecule has 2 aliphatic rings. The molecule has 8 heteroatoms. The van der Waals surface area contributed by atoms with E-state index in [2.05, 4.69) is 15.5 Å². The summed E-state index contributed by atoms with van der Waals surface area (Å²) in [5, 5.41) is 4.77. The topological polar surface area (TPSA) is 81.8 Å². The summed E-state index contributed by atoms with van der Waals surface area (Å²) in [5.74, 6) is -0.681. The van der Waals surface area contributed by atoms with Gasteiger partial charge in [-0.1, -0.05) is 0 Å². The summed E-state index contributed by atoms with van der Waals surface area (Å²) in [6, 6.07) is 4.20. The van der Waals surface area contributed by atoms with Crippen LogP contribution in [0.2, 0.25) is 0 Å². The Balaban J connectivity index is 1.52. The summed E-state index contributed by atoms with van der Waals surface area (Å²) in [6.45, 7) is 5.99. The van der Waals surface area contributed by atoms with Crippen molar-refractivity contribution in [3.63, 3.8) is 0 Å². The number of carbonyl (C=O) groups is 3. The van der Waals surface area contributed by atoms with Crippen LogP contribution in [0.15, 0.2) is 18.2 Å². The summed E-state index contributed by atoms with van der Waals surface area (Å²) in [6.07, 6.45) is 0.459. The lowest BCUT2D eigenvalue weighted by atomic mass is 9.96. The Labute approximate surface area is 151 Å². The maximum atomic E-state index is 13.3. The first-order valence-corrected chi connectivity index (χ1v) is 8.71. The number of carbonyl (C=O) groups excluding carboxylic acids is 3. The van der Waals surface area contributed by atoms with Crippen LogP contribution in [0.1, 0.15) is 25.3 Å². The Morgan fingerprint density at radius 1 is 1.23 bits per heavy atom. The Bertz CT molecular complexity index is 746. The first-order chi connectivity index (χ1) is 12.3. The van der Waals surface area contributed by atoms with E-state index in [9.17, 15) is 18.8 Å². The number of aryl methyl sites for hydroxylation is 1. The van der Waals surface area contributed by atoms with E-state index in [1.807, 2.05) is 6.92 Å². The third kappa shape index (κ3) is 3.63. The van der Waals surface area contributed by atoms with Gasteiger partial charge in [-0.15, -0.1) is 0 Å². The number of rotatable bonds is 4. The number of anilines is 1. The lowest BCUT2D eigenvalue weighted by Crippen LogP contribution is -2.50. The molecule has 0 bridgehead atoms. The van der Waals surface area contributed by atoms with Gasteiger partial charge >= 0.3 is 6.03 Å². The molecule has 1 aromatic rings. The van der Waals surface area contributed by atoms with Crippen LogP contribution in [0, 0.1) is 12.7 Å². The van der Waals surface area contributed by atoms with Gasteiger partial charge in [-0.05, 0) is 44.0 Å². The molecule has 26 heavy (non-hydrogen) atoms. The summed E-state index contributed by atoms with van der Waals surface area (Å²) in [5.41, 5.74) is 0.830. The Morgan fingerprint density at radius 3 is 2.50 bits per heavy atom. The van der Waals surface area contributed by atoms with E-state index in [4.69, 9.17) is 0 Å². The normalized spacial score (nSPS) is 23.0. The van der Waals surface area contributed by atoms with Gasteiger partial charge in [0.05, 0.1) is 0 Å². The lowest BCUT2D eigenvalue weighted by Gasteiger charge is -2.37. The van der Waals surface area contributed by atoms with E-state index in [-0.39, 0.29) is 24.6 Å². The zero-order chi connectivity index (χ0) is 18.9. The van der Waals surface area contributed by atoms with Crippen molar-refractivity contribution in [1.82, 2.24) is 15.5 Å². The molecule has 3 rings (SSSR count). The summed E-state index contributed by atoms with van der Waals surface area (Å²) >= 11 is 0. The second-order valence-corrected chi connectivity index (χ2v) is 7.04. The van der Waals surface area contributed by atoms with Crippen LogP contribution in [0.4, 0.5) is 14.9 Å². The highest BCUT2D eigenvalue weighted by Gasteiger charge is 2.42. The van der Waals surface area contributed by atoms with E-state index in [0.29, 0.717) is 26.2 Å². The molecule has 2 saturated heterocycles. The number of halogens is 1. The van der Waals surface area contributed by atoms with Crippen LogP contribution in [0.5, 0.6) is 0 Å². The first-order valence-electron chi connectivity index (χ1n) is 8.71. The molecule has 140 valence electrons. The molecule has 0 aromatic heterocycles. The highest BCUT2D eigenvalue weighted by atomic mass is 19.1. The molecule has 2 fully saturated rings. The van der Waals surface area contributed by atoms with Crippen molar-refractivity contribution in [3.8, 4) is 0 Å². The van der Waals surface area contributed by atoms with Gasteiger partial charge in [0.25, 0.3) is 5.91 Å². The predicted octanol–water partition coefficient (Wildman–Crippen LogP) is 1.16. The minimum absolute atomic E-state index is 0.0318. The molecule has 1 unspecified atom stereocenters. The van der Waals surface area contributed by atoms with Gasteiger partial charge in [0, 0.05) is 38.3 Å². The molecule has 2 N–H and O–H groups in total. The zero-order valence-corrected chi connectivity index (χ0v) is 15.0. The molecule has 0 saturated carbocycles. The van der Waals surface area contributed by atoms with Crippen molar-refractivity contribution in [2.45, 2.75) is 32.2 Å². The van der Waals surface area contributed by atoms with E-state index < -0.39 is 17.5 Å². The lowest BCUT2D eigenvalue weighted by molar-refractivity contribution is -0.132. The fourth-order valence-corrected chi connectivity index (χ4v) is 3.44. The zero-order valence-electron chi connectivity index (χ0n) is 15.0. The average molecular weight is 362 g/mol. The van der Waals surface area contributed by atoms with Crippen molar-refractivity contribution >= 4 is 23.5 Å². The smallest absolute Gasteiger partial charge is 0.322 e. The Morgan fingerprint density at radius 2 is 1.92 bits per heavy atom. The van der Waals surface area contributed by atoms with Gasteiger partial charge in [0.1, 0.15) is 11.4 Å². The minimum Gasteiger partial charge on any atom is -0.368 e. The number of amides is 4. The molecule has 2 heterocycles. The van der Waals surface area contributed by atoms with Crippen molar-refractivity contribution in [3.05, 3.63) is 29.6 Å². The molecule has 0 spiro atoms. The molecule has 0 aliphatic carbocycles. The van der Waals surface area contributed by atoms with Crippen LogP contribution in [0.3, 0.4) is 0 Å². The largest absolute Gasteiger partial charge is 0.368 e. The van der Waals surface area contributed by atoms with Crippen molar-refractivity contribution in [2.75, 3.05) is 31.1 Å². The standard InChI is InChI=1S/C18H23FN4O3/c1-12-11-13(19)3-4-14(12)22-7-9-23(10-8-22)15(24)5-6-18(2)16(25)20-17(26)21-18/h3-4,11H,5-10H2,1-2H3,(H2,20,21,25,26). The van der Waals surface area contributed by atoms with Gasteiger partial charge in [0.2, 0.25) is 5.91 Å². The number of nitrogens with one attached hydrogen (secondary N) is 2. The number of piperazine rings is 1. The number of nitrogens with zero attached hydrogens (tertiary/aromatic N) is 2. The van der Waals surface area contributed by atoms with Crippen LogP contribution in [-0.4, -0.2) is 54.5 Å². The second kappa shape index (κ2) is 6.93. The van der Waals surface area contributed by atoms with Crippen LogP contribution in [0.25, 0.3) is 0 Å². The maximum Gasteiger partial charge on any atom is 0.322 e. The SMILES string of the molecule is Cc1cc(F)ccc1N1CCN(C(=O)CCC2(C)NC(=O)NC2=O)CC1. The molecule has 4 amide bonds. The van der Waals surface area contributed by atoms with Crippen LogP contribution in [-0.2, 0) is 9.59 Å². The van der Waals surface area contributed by atoms with E-state index in [1.54, 1.807) is 17.9 Å². The van der Waals surface area contributed by atoms with E-state index in [0.717, 1.165) is 11.3 Å². The summed E-state index contributed by atoms with van der Waals surface area (Å²) in [7, 11) is 0. The van der Waals surface area contributed by atoms with Crippen molar-refractivity contribution in [2.24, 2.45) is 0 Å². The number of hydrogen-bond donors (Lipinski definition) is 2. The maximum absolute atomic E-state index is 13.3. The summed E-state index contributed by atoms with van der Waals surface area (Å²) < 4.78 is 13.3. The van der Waals surface area contributed by atoms with E-state index >= 15 is 0 Å². The third-order valence-corrected chi connectivity index (χ3v) is 5.09. The quantitative estimate of drug-likeness (QED) is 0.788. The Hall–Kier alpha value is -2.64. The second-order valence-electron chi connectivity index (χ2n) is 7.04. The number of urea groups is 1. The summed E-state index contributed by atoms with van der Waals surface area (Å²) in [4.78, 5) is 39.4. The number of hydrogen-bond acceptors (Lipinski definition) is 4.